The molecule has 1 aliphatic rings. The Balaban J connectivity index is 2.48. The molecule has 1 unspecified atom stereocenters. The average molecular weight is 287 g/mol. The maximum Gasteiger partial charge on any atom is 0.328 e. The first-order valence-electron chi connectivity index (χ1n) is 6.97. The van der Waals surface area contributed by atoms with Gasteiger partial charge in [0.2, 0.25) is 0 Å². The summed E-state index contributed by atoms with van der Waals surface area (Å²) in [7, 11) is 3.12. The van der Waals surface area contributed by atoms with E-state index in [0.29, 0.717) is 0 Å². The maximum atomic E-state index is 12.1. The number of ether oxygens (including phenoxy) is 1. The lowest BCUT2D eigenvalue weighted by molar-refractivity contribution is -0.140. The number of hydrogen-bond acceptors (Lipinski definition) is 4. The SMILES string of the molecule is CCN1CCC(N(C)C(=O)NC(COC)C(=O)O)CC1. The van der Waals surface area contributed by atoms with Gasteiger partial charge in [0, 0.05) is 33.3 Å². The van der Waals surface area contributed by atoms with Crippen molar-refractivity contribution in [3.63, 3.8) is 0 Å². The van der Waals surface area contributed by atoms with E-state index in [9.17, 15) is 9.59 Å². The average Bonchev–Trinajstić information content (AvgIpc) is 2.45. The number of methoxy groups -OCH3 is 1. The Kier molecular flexibility index (Phi) is 6.74. The summed E-state index contributed by atoms with van der Waals surface area (Å²) < 4.78 is 4.80. The lowest BCUT2D eigenvalue weighted by Crippen LogP contribution is -2.53. The molecule has 1 rings (SSSR count). The van der Waals surface area contributed by atoms with Gasteiger partial charge in [0.1, 0.15) is 0 Å². The van der Waals surface area contributed by atoms with Crippen molar-refractivity contribution in [2.75, 3.05) is 40.4 Å². The third-order valence-electron chi connectivity index (χ3n) is 3.80. The summed E-state index contributed by atoms with van der Waals surface area (Å²) in [4.78, 5) is 27.0. The lowest BCUT2D eigenvalue weighted by Gasteiger charge is -2.36. The highest BCUT2D eigenvalue weighted by Crippen LogP contribution is 2.15. The van der Waals surface area contributed by atoms with Crippen molar-refractivity contribution in [2.24, 2.45) is 0 Å². The number of amides is 2. The molecule has 1 saturated heterocycles. The van der Waals surface area contributed by atoms with E-state index in [-0.39, 0.29) is 18.7 Å². The fourth-order valence-corrected chi connectivity index (χ4v) is 2.38. The fourth-order valence-electron chi connectivity index (χ4n) is 2.38. The summed E-state index contributed by atoms with van der Waals surface area (Å²) in [5.74, 6) is -1.09. The number of carboxylic acid groups (broad SMARTS) is 1. The van der Waals surface area contributed by atoms with Crippen molar-refractivity contribution in [1.82, 2.24) is 15.1 Å². The molecule has 7 heteroatoms. The molecule has 1 heterocycles. The van der Waals surface area contributed by atoms with Gasteiger partial charge in [0.05, 0.1) is 6.61 Å². The van der Waals surface area contributed by atoms with Gasteiger partial charge in [-0.25, -0.2) is 9.59 Å². The van der Waals surface area contributed by atoms with E-state index in [0.717, 1.165) is 32.5 Å². The van der Waals surface area contributed by atoms with Crippen molar-refractivity contribution in [3.8, 4) is 0 Å². The molecule has 2 N–H and O–H groups in total. The van der Waals surface area contributed by atoms with E-state index in [2.05, 4.69) is 17.1 Å². The minimum atomic E-state index is -1.09. The Morgan fingerprint density at radius 2 is 2.05 bits per heavy atom. The first kappa shape index (κ1) is 16.7. The van der Waals surface area contributed by atoms with Crippen LogP contribution >= 0.6 is 0 Å². The highest BCUT2D eigenvalue weighted by atomic mass is 16.5. The second kappa shape index (κ2) is 8.06. The van der Waals surface area contributed by atoms with Gasteiger partial charge in [0.15, 0.2) is 6.04 Å². The van der Waals surface area contributed by atoms with Crippen LogP contribution in [0.2, 0.25) is 0 Å². The smallest absolute Gasteiger partial charge is 0.328 e. The number of nitrogens with zero attached hydrogens (tertiary/aromatic N) is 2. The summed E-state index contributed by atoms with van der Waals surface area (Å²) in [6, 6.07) is -1.20. The first-order chi connectivity index (χ1) is 9.49. The molecule has 0 saturated carbocycles. The Bertz CT molecular complexity index is 330. The number of carbonyl (C=O) groups is 2. The second-order valence-corrected chi connectivity index (χ2v) is 5.07. The summed E-state index contributed by atoms with van der Waals surface area (Å²) in [5, 5.41) is 11.5. The highest BCUT2D eigenvalue weighted by Gasteiger charge is 2.27. The van der Waals surface area contributed by atoms with E-state index in [1.165, 1.54) is 7.11 Å². The van der Waals surface area contributed by atoms with E-state index < -0.39 is 12.0 Å². The third kappa shape index (κ3) is 4.64. The van der Waals surface area contributed by atoms with Crippen LogP contribution < -0.4 is 5.32 Å². The zero-order valence-corrected chi connectivity index (χ0v) is 12.5. The summed E-state index contributed by atoms with van der Waals surface area (Å²) in [6.45, 7) is 5.05. The molecule has 2 amide bonds. The molecule has 0 aromatic heterocycles. The van der Waals surface area contributed by atoms with Crippen molar-refractivity contribution in [1.29, 1.82) is 0 Å². The standard InChI is InChI=1S/C13H25N3O4/c1-4-16-7-5-10(6-8-16)15(2)13(19)14-11(9-20-3)12(17)18/h10-11H,4-9H2,1-3H3,(H,14,19)(H,17,18). The molecule has 0 spiro atoms. The number of rotatable bonds is 6. The molecule has 0 aromatic rings. The zero-order chi connectivity index (χ0) is 15.1. The second-order valence-electron chi connectivity index (χ2n) is 5.07. The molecular formula is C13H25N3O4. The van der Waals surface area contributed by atoms with Gasteiger partial charge < -0.3 is 25.0 Å². The number of piperidine rings is 1. The molecule has 1 fully saturated rings. The number of carboxylic acids is 1. The van der Waals surface area contributed by atoms with Crippen LogP contribution in [0.3, 0.4) is 0 Å². The van der Waals surface area contributed by atoms with Crippen LogP contribution in [-0.2, 0) is 9.53 Å². The predicted octanol–water partition coefficient (Wildman–Crippen LogP) is 0.212. The largest absolute Gasteiger partial charge is 0.480 e. The Labute approximate surface area is 119 Å². The molecule has 0 aliphatic carbocycles. The Hall–Kier alpha value is -1.34. The molecule has 116 valence electrons. The predicted molar refractivity (Wildman–Crippen MR) is 74.7 cm³/mol. The maximum absolute atomic E-state index is 12.1. The van der Waals surface area contributed by atoms with Gasteiger partial charge in [-0.3, -0.25) is 0 Å². The van der Waals surface area contributed by atoms with Crippen LogP contribution in [0.4, 0.5) is 4.79 Å². The van der Waals surface area contributed by atoms with E-state index in [1.807, 2.05) is 0 Å². The molecule has 7 nitrogen and oxygen atoms in total. The van der Waals surface area contributed by atoms with Crippen LogP contribution in [0.5, 0.6) is 0 Å². The van der Waals surface area contributed by atoms with E-state index in [1.54, 1.807) is 11.9 Å². The van der Waals surface area contributed by atoms with Crippen LogP contribution in [0, 0.1) is 0 Å². The van der Waals surface area contributed by atoms with Crippen molar-refractivity contribution in [3.05, 3.63) is 0 Å². The number of nitrogens with one attached hydrogen (secondary N) is 1. The molecule has 0 bridgehead atoms. The number of carbonyl (C=O) groups excluding carboxylic acids is 1. The summed E-state index contributed by atoms with van der Waals surface area (Å²) in [6.07, 6.45) is 1.83. The number of aliphatic carboxylic acids is 1. The third-order valence-corrected chi connectivity index (χ3v) is 3.80. The minimum absolute atomic E-state index is 0.0385. The quantitative estimate of drug-likeness (QED) is 0.730. The number of likely N-dealkylation sites (tertiary alicyclic amines) is 1. The molecule has 20 heavy (non-hydrogen) atoms. The molecule has 0 aromatic carbocycles. The lowest BCUT2D eigenvalue weighted by atomic mass is 10.0. The monoisotopic (exact) mass is 287 g/mol. The molecular weight excluding hydrogens is 262 g/mol. The van der Waals surface area contributed by atoms with E-state index in [4.69, 9.17) is 9.84 Å². The van der Waals surface area contributed by atoms with Crippen LogP contribution in [0.25, 0.3) is 0 Å². The number of hydrogen-bond donors (Lipinski definition) is 2. The van der Waals surface area contributed by atoms with Crippen molar-refractivity contribution in [2.45, 2.75) is 31.8 Å². The Morgan fingerprint density at radius 1 is 1.45 bits per heavy atom. The van der Waals surface area contributed by atoms with Crippen LogP contribution in [0.15, 0.2) is 0 Å². The Morgan fingerprint density at radius 3 is 2.50 bits per heavy atom. The minimum Gasteiger partial charge on any atom is -0.480 e. The van der Waals surface area contributed by atoms with Gasteiger partial charge in [-0.1, -0.05) is 6.92 Å². The van der Waals surface area contributed by atoms with Crippen molar-refractivity contribution < 1.29 is 19.4 Å². The van der Waals surface area contributed by atoms with Gasteiger partial charge in [-0.15, -0.1) is 0 Å². The van der Waals surface area contributed by atoms with Gasteiger partial charge in [-0.05, 0) is 19.4 Å². The van der Waals surface area contributed by atoms with Crippen LogP contribution in [0.1, 0.15) is 19.8 Å². The topological polar surface area (TPSA) is 82.1 Å². The van der Waals surface area contributed by atoms with Gasteiger partial charge in [0.25, 0.3) is 0 Å². The van der Waals surface area contributed by atoms with E-state index >= 15 is 0 Å². The molecule has 1 aliphatic heterocycles. The van der Waals surface area contributed by atoms with Gasteiger partial charge >= 0.3 is 12.0 Å². The summed E-state index contributed by atoms with van der Waals surface area (Å²) in [5.41, 5.74) is 0. The molecule has 1 atom stereocenters. The zero-order valence-electron chi connectivity index (χ0n) is 12.5. The number of urea groups is 1. The highest BCUT2D eigenvalue weighted by molar-refractivity contribution is 5.82. The van der Waals surface area contributed by atoms with Gasteiger partial charge in [-0.2, -0.15) is 0 Å². The van der Waals surface area contributed by atoms with Crippen LogP contribution in [-0.4, -0.2) is 79.4 Å². The fraction of sp³-hybridized carbons (Fsp3) is 0.846. The first-order valence-corrected chi connectivity index (χ1v) is 6.97. The molecule has 0 radical (unpaired) electrons. The normalized spacial score (nSPS) is 18.6. The summed E-state index contributed by atoms with van der Waals surface area (Å²) >= 11 is 0. The van der Waals surface area contributed by atoms with Crippen molar-refractivity contribution >= 4 is 12.0 Å².